The molecule has 0 saturated carbocycles. The lowest BCUT2D eigenvalue weighted by Gasteiger charge is -2.28. The zero-order valence-corrected chi connectivity index (χ0v) is 19.0. The highest BCUT2D eigenvalue weighted by Gasteiger charge is 2.39. The summed E-state index contributed by atoms with van der Waals surface area (Å²) in [5, 5.41) is 10.3. The molecule has 186 valence electrons. The van der Waals surface area contributed by atoms with Crippen molar-refractivity contribution in [3.8, 4) is 5.75 Å². The van der Waals surface area contributed by atoms with Crippen LogP contribution in [-0.2, 0) is 35.0 Å². The van der Waals surface area contributed by atoms with E-state index in [4.69, 9.17) is 14.1 Å². The second-order valence-electron chi connectivity index (χ2n) is 8.11. The first kappa shape index (κ1) is 27.2. The zero-order chi connectivity index (χ0) is 25.3. The summed E-state index contributed by atoms with van der Waals surface area (Å²) in [4.78, 5) is 47.0. The fraction of sp³-hybridized carbons (Fsp3) is 0.545. The van der Waals surface area contributed by atoms with Gasteiger partial charge in [0.15, 0.2) is 0 Å². The Balaban J connectivity index is 1.87. The van der Waals surface area contributed by atoms with Gasteiger partial charge in [0.1, 0.15) is 17.1 Å². The van der Waals surface area contributed by atoms with E-state index in [-0.39, 0.29) is 43.0 Å². The number of fused-ring (bicyclic) bond motifs is 1. The van der Waals surface area contributed by atoms with Crippen molar-refractivity contribution in [3.63, 3.8) is 0 Å². The molecule has 1 heterocycles. The van der Waals surface area contributed by atoms with Gasteiger partial charge in [0, 0.05) is 25.1 Å². The molecule has 1 aromatic rings. The van der Waals surface area contributed by atoms with Crippen LogP contribution in [0.4, 0.5) is 8.78 Å². The summed E-state index contributed by atoms with van der Waals surface area (Å²) in [6.45, 7) is 0.0115. The lowest BCUT2D eigenvalue weighted by molar-refractivity contribution is -0.152. The molecule has 0 aromatic heterocycles. The van der Waals surface area contributed by atoms with Gasteiger partial charge >= 0.3 is 25.0 Å². The maximum atomic E-state index is 13.1. The number of Topliss-reactive ketones (excluding diaryl/α,β-unsaturated/α-hetero) is 1. The van der Waals surface area contributed by atoms with Gasteiger partial charge in [0.2, 0.25) is 6.79 Å². The molecule has 0 radical (unpaired) electrons. The van der Waals surface area contributed by atoms with Crippen LogP contribution < -0.4 is 4.65 Å². The fourth-order valence-electron chi connectivity index (χ4n) is 3.47. The molecule has 0 unspecified atom stereocenters. The summed E-state index contributed by atoms with van der Waals surface area (Å²) >= 11 is 0. The summed E-state index contributed by atoms with van der Waals surface area (Å²) in [6.07, 6.45) is -0.0182. The highest BCUT2D eigenvalue weighted by Crippen LogP contribution is 2.37. The van der Waals surface area contributed by atoms with Gasteiger partial charge in [-0.1, -0.05) is 12.1 Å². The number of para-hydroxylation sites is 1. The molecule has 1 N–H and O–H groups in total. The predicted octanol–water partition coefficient (Wildman–Crippen LogP) is 2.87. The SMILES string of the molecule is COC(=O)CCCCC(=O)OCOC(=O)c1cccc2c1OB(O)[C@@H](CC(=O)CC(C)(F)F)C2. The Hall–Kier alpha value is -3.02. The lowest BCUT2D eigenvalue weighted by atomic mass is 9.64. The lowest BCUT2D eigenvalue weighted by Crippen LogP contribution is -2.36. The van der Waals surface area contributed by atoms with Crippen LogP contribution in [-0.4, -0.2) is 55.7 Å². The van der Waals surface area contributed by atoms with Crippen LogP contribution in [0.1, 0.15) is 61.4 Å². The summed E-state index contributed by atoms with van der Waals surface area (Å²) in [5.41, 5.74) is 0.485. The van der Waals surface area contributed by atoms with Crippen LogP contribution in [0.2, 0.25) is 5.82 Å². The third-order valence-electron chi connectivity index (χ3n) is 5.09. The van der Waals surface area contributed by atoms with Crippen molar-refractivity contribution in [1.82, 2.24) is 0 Å². The minimum absolute atomic E-state index is 0.0180. The van der Waals surface area contributed by atoms with Crippen LogP contribution in [0.15, 0.2) is 18.2 Å². The number of rotatable bonds is 12. The van der Waals surface area contributed by atoms with E-state index in [0.29, 0.717) is 25.3 Å². The average molecular weight is 484 g/mol. The van der Waals surface area contributed by atoms with Crippen LogP contribution in [0, 0.1) is 0 Å². The Bertz CT molecular complexity index is 901. The first-order valence-electron chi connectivity index (χ1n) is 10.8. The maximum absolute atomic E-state index is 13.1. The minimum atomic E-state index is -3.14. The van der Waals surface area contributed by atoms with Gasteiger partial charge in [-0.25, -0.2) is 13.6 Å². The van der Waals surface area contributed by atoms with E-state index < -0.39 is 49.8 Å². The number of esters is 3. The smallest absolute Gasteiger partial charge is 0.526 e. The third-order valence-corrected chi connectivity index (χ3v) is 5.09. The van der Waals surface area contributed by atoms with E-state index in [9.17, 15) is 33.0 Å². The van der Waals surface area contributed by atoms with Crippen LogP contribution in [0.3, 0.4) is 0 Å². The van der Waals surface area contributed by atoms with Crippen molar-refractivity contribution in [2.45, 2.75) is 63.6 Å². The van der Waals surface area contributed by atoms with Crippen molar-refractivity contribution < 1.29 is 51.8 Å². The molecule has 12 heteroatoms. The topological polar surface area (TPSA) is 125 Å². The highest BCUT2D eigenvalue weighted by atomic mass is 19.3. The second kappa shape index (κ2) is 12.4. The van der Waals surface area contributed by atoms with Gasteiger partial charge in [-0.05, 0) is 37.8 Å². The Morgan fingerprint density at radius 3 is 2.47 bits per heavy atom. The zero-order valence-electron chi connectivity index (χ0n) is 19.0. The number of ether oxygens (including phenoxy) is 3. The van der Waals surface area contributed by atoms with E-state index in [1.165, 1.54) is 13.2 Å². The fourth-order valence-corrected chi connectivity index (χ4v) is 3.47. The molecule has 1 aliphatic rings. The third kappa shape index (κ3) is 8.73. The molecule has 1 atom stereocenters. The summed E-state index contributed by atoms with van der Waals surface area (Å²) < 4.78 is 45.8. The number of benzene rings is 1. The van der Waals surface area contributed by atoms with Gasteiger partial charge in [0.05, 0.1) is 13.5 Å². The Kier molecular flexibility index (Phi) is 9.97. The molecule has 1 aromatic carbocycles. The van der Waals surface area contributed by atoms with Crippen LogP contribution >= 0.6 is 0 Å². The Morgan fingerprint density at radius 2 is 1.82 bits per heavy atom. The highest BCUT2D eigenvalue weighted by molar-refractivity contribution is 6.47. The number of methoxy groups -OCH3 is 1. The molecule has 0 saturated heterocycles. The van der Waals surface area contributed by atoms with E-state index in [0.717, 1.165) is 0 Å². The number of hydrogen-bond acceptors (Lipinski definition) is 9. The maximum Gasteiger partial charge on any atom is 0.526 e. The summed E-state index contributed by atoms with van der Waals surface area (Å²) in [5.74, 6) is -6.37. The Morgan fingerprint density at radius 1 is 1.15 bits per heavy atom. The monoisotopic (exact) mass is 484 g/mol. The Labute approximate surface area is 195 Å². The number of alkyl halides is 2. The number of ketones is 1. The van der Waals surface area contributed by atoms with Crippen LogP contribution in [0.25, 0.3) is 0 Å². The standard InChI is InChI=1S/C22H27BF2O9/c1-22(24,25)12-16(26)11-15-10-14-6-5-7-17(20(14)34-23(15)30)21(29)33-13-32-19(28)9-4-3-8-18(27)31-2/h5-7,15,30H,3-4,8-13H2,1-2H3/t15-/m1/s1. The van der Waals surface area contributed by atoms with Gasteiger partial charge in [0.25, 0.3) is 5.92 Å². The molecule has 0 amide bonds. The van der Waals surface area contributed by atoms with Crippen molar-refractivity contribution in [2.24, 2.45) is 0 Å². The normalized spacial score (nSPS) is 15.1. The van der Waals surface area contributed by atoms with Crippen LogP contribution in [0.5, 0.6) is 5.75 Å². The first-order chi connectivity index (χ1) is 16.0. The summed E-state index contributed by atoms with van der Waals surface area (Å²) in [7, 11) is -0.199. The molecule has 1 aliphatic heterocycles. The number of carbonyl (C=O) groups is 4. The van der Waals surface area contributed by atoms with Crippen molar-refractivity contribution in [3.05, 3.63) is 29.3 Å². The minimum Gasteiger partial charge on any atom is -0.535 e. The van der Waals surface area contributed by atoms with Gasteiger partial charge < -0.3 is 23.9 Å². The van der Waals surface area contributed by atoms with E-state index in [2.05, 4.69) is 4.74 Å². The van der Waals surface area contributed by atoms with Crippen molar-refractivity contribution in [1.29, 1.82) is 0 Å². The van der Waals surface area contributed by atoms with Crippen molar-refractivity contribution >= 4 is 30.8 Å². The number of unbranched alkanes of at least 4 members (excludes halogenated alkanes) is 1. The molecule has 0 fully saturated rings. The molecule has 0 aliphatic carbocycles. The van der Waals surface area contributed by atoms with Crippen molar-refractivity contribution in [2.75, 3.05) is 13.9 Å². The molecular formula is C22H27BF2O9. The molecule has 9 nitrogen and oxygen atoms in total. The van der Waals surface area contributed by atoms with E-state index >= 15 is 0 Å². The molecule has 2 rings (SSSR count). The summed E-state index contributed by atoms with van der Waals surface area (Å²) in [6, 6.07) is 4.56. The second-order valence-corrected chi connectivity index (χ2v) is 8.11. The van der Waals surface area contributed by atoms with Gasteiger partial charge in [-0.15, -0.1) is 0 Å². The largest absolute Gasteiger partial charge is 0.535 e. The molecular weight excluding hydrogens is 457 g/mol. The van der Waals surface area contributed by atoms with Gasteiger partial charge in [-0.3, -0.25) is 14.4 Å². The number of hydrogen-bond donors (Lipinski definition) is 1. The first-order valence-corrected chi connectivity index (χ1v) is 10.8. The number of carbonyl (C=O) groups excluding carboxylic acids is 4. The predicted molar refractivity (Wildman–Crippen MR) is 114 cm³/mol. The van der Waals surface area contributed by atoms with E-state index in [1.807, 2.05) is 0 Å². The van der Waals surface area contributed by atoms with E-state index in [1.54, 1.807) is 12.1 Å². The molecule has 34 heavy (non-hydrogen) atoms. The quantitative estimate of drug-likeness (QED) is 0.206. The van der Waals surface area contributed by atoms with Gasteiger partial charge in [-0.2, -0.15) is 0 Å². The number of halogens is 2. The molecule has 0 spiro atoms. The average Bonchev–Trinajstić information content (AvgIpc) is 2.75. The molecule has 0 bridgehead atoms.